The Kier molecular flexibility index (Phi) is 5.27. The fourth-order valence-corrected chi connectivity index (χ4v) is 1.96. The molecular weight excluding hydrogens is 260 g/mol. The average molecular weight is 280 g/mol. The summed E-state index contributed by atoms with van der Waals surface area (Å²) in [6.45, 7) is 4.85. The Labute approximate surface area is 125 Å². The molecule has 0 atom stereocenters. The van der Waals surface area contributed by atoms with Crippen LogP contribution in [0.2, 0.25) is 0 Å². The number of aromatic nitrogens is 1. The normalized spacial score (nSPS) is 10.8. The van der Waals surface area contributed by atoms with Crippen LogP contribution < -0.4 is 5.32 Å². The minimum atomic E-state index is -0.0584. The molecule has 0 aliphatic heterocycles. The SMILES string of the molecule is Cc1ccc(/C=C/CCNC(=O)c2ccncc2)cc1C. The Bertz CT molecular complexity index is 633. The first-order valence-electron chi connectivity index (χ1n) is 7.09. The number of aryl methyl sites for hydroxylation is 2. The van der Waals surface area contributed by atoms with E-state index < -0.39 is 0 Å². The van der Waals surface area contributed by atoms with Gasteiger partial charge in [-0.25, -0.2) is 0 Å². The molecule has 0 saturated carbocycles. The molecule has 0 aliphatic rings. The van der Waals surface area contributed by atoms with E-state index in [-0.39, 0.29) is 5.91 Å². The van der Waals surface area contributed by atoms with Crippen molar-refractivity contribution in [3.05, 3.63) is 71.1 Å². The molecule has 0 unspecified atom stereocenters. The third-order valence-corrected chi connectivity index (χ3v) is 3.38. The van der Waals surface area contributed by atoms with Crippen LogP contribution in [0.25, 0.3) is 6.08 Å². The third-order valence-electron chi connectivity index (χ3n) is 3.38. The minimum Gasteiger partial charge on any atom is -0.352 e. The van der Waals surface area contributed by atoms with Crippen LogP contribution in [0, 0.1) is 13.8 Å². The van der Waals surface area contributed by atoms with Gasteiger partial charge < -0.3 is 5.32 Å². The zero-order valence-corrected chi connectivity index (χ0v) is 12.5. The highest BCUT2D eigenvalue weighted by atomic mass is 16.1. The molecule has 0 spiro atoms. The van der Waals surface area contributed by atoms with Gasteiger partial charge in [0.25, 0.3) is 5.91 Å². The van der Waals surface area contributed by atoms with Crippen LogP contribution in [0.3, 0.4) is 0 Å². The molecule has 2 rings (SSSR count). The Morgan fingerprint density at radius 2 is 1.90 bits per heavy atom. The number of carbonyl (C=O) groups is 1. The quantitative estimate of drug-likeness (QED) is 0.851. The van der Waals surface area contributed by atoms with Gasteiger partial charge in [0.05, 0.1) is 0 Å². The van der Waals surface area contributed by atoms with E-state index in [1.807, 2.05) is 0 Å². The van der Waals surface area contributed by atoms with Crippen LogP contribution in [0.15, 0.2) is 48.8 Å². The first kappa shape index (κ1) is 15.0. The van der Waals surface area contributed by atoms with Crippen molar-refractivity contribution >= 4 is 12.0 Å². The lowest BCUT2D eigenvalue weighted by Gasteiger charge is -2.03. The van der Waals surface area contributed by atoms with E-state index in [1.165, 1.54) is 16.7 Å². The maximum Gasteiger partial charge on any atom is 0.251 e. The first-order valence-corrected chi connectivity index (χ1v) is 7.09. The Hall–Kier alpha value is -2.42. The summed E-state index contributed by atoms with van der Waals surface area (Å²) in [7, 11) is 0. The highest BCUT2D eigenvalue weighted by Crippen LogP contribution is 2.11. The van der Waals surface area contributed by atoms with Crippen molar-refractivity contribution in [3.8, 4) is 0 Å². The maximum atomic E-state index is 11.8. The number of pyridine rings is 1. The molecule has 0 saturated heterocycles. The van der Waals surface area contributed by atoms with Crippen molar-refractivity contribution < 1.29 is 4.79 Å². The molecule has 1 aromatic heterocycles. The van der Waals surface area contributed by atoms with E-state index >= 15 is 0 Å². The third kappa shape index (κ3) is 4.56. The zero-order valence-electron chi connectivity index (χ0n) is 12.5. The molecule has 0 bridgehead atoms. The summed E-state index contributed by atoms with van der Waals surface area (Å²) in [6.07, 6.45) is 8.22. The van der Waals surface area contributed by atoms with E-state index in [2.05, 4.69) is 54.5 Å². The summed E-state index contributed by atoms with van der Waals surface area (Å²) in [5.41, 5.74) is 4.43. The smallest absolute Gasteiger partial charge is 0.251 e. The molecule has 108 valence electrons. The van der Waals surface area contributed by atoms with Crippen LogP contribution in [0.4, 0.5) is 0 Å². The molecule has 1 amide bonds. The lowest BCUT2D eigenvalue weighted by atomic mass is 10.1. The molecule has 3 heteroatoms. The van der Waals surface area contributed by atoms with E-state index in [0.717, 1.165) is 6.42 Å². The Balaban J connectivity index is 1.78. The molecule has 1 heterocycles. The monoisotopic (exact) mass is 280 g/mol. The Morgan fingerprint density at radius 3 is 2.62 bits per heavy atom. The Morgan fingerprint density at radius 1 is 1.14 bits per heavy atom. The molecule has 2 aromatic rings. The van der Waals surface area contributed by atoms with Gasteiger partial charge in [-0.3, -0.25) is 9.78 Å². The lowest BCUT2D eigenvalue weighted by Crippen LogP contribution is -2.23. The van der Waals surface area contributed by atoms with Crippen molar-refractivity contribution in [3.63, 3.8) is 0 Å². The summed E-state index contributed by atoms with van der Waals surface area (Å²) in [6, 6.07) is 9.82. The first-order chi connectivity index (χ1) is 10.2. The zero-order chi connectivity index (χ0) is 15.1. The number of nitrogens with zero attached hydrogens (tertiary/aromatic N) is 1. The molecule has 0 fully saturated rings. The number of hydrogen-bond acceptors (Lipinski definition) is 2. The number of hydrogen-bond donors (Lipinski definition) is 1. The lowest BCUT2D eigenvalue weighted by molar-refractivity contribution is 0.0954. The van der Waals surface area contributed by atoms with Gasteiger partial charge in [0.15, 0.2) is 0 Å². The van der Waals surface area contributed by atoms with Crippen LogP contribution in [0.1, 0.15) is 33.5 Å². The molecular formula is C18H20N2O. The van der Waals surface area contributed by atoms with Crippen molar-refractivity contribution in [2.75, 3.05) is 6.54 Å². The molecule has 1 aromatic carbocycles. The van der Waals surface area contributed by atoms with Gasteiger partial charge in [-0.2, -0.15) is 0 Å². The summed E-state index contributed by atoms with van der Waals surface area (Å²) in [5.74, 6) is -0.0584. The van der Waals surface area contributed by atoms with Crippen LogP contribution in [-0.4, -0.2) is 17.4 Å². The minimum absolute atomic E-state index is 0.0584. The number of carbonyl (C=O) groups excluding carboxylic acids is 1. The second kappa shape index (κ2) is 7.39. The molecule has 1 N–H and O–H groups in total. The summed E-state index contributed by atoms with van der Waals surface area (Å²) in [5, 5.41) is 2.89. The predicted molar refractivity (Wildman–Crippen MR) is 86.1 cm³/mol. The van der Waals surface area contributed by atoms with Crippen molar-refractivity contribution in [1.82, 2.24) is 10.3 Å². The van der Waals surface area contributed by atoms with Gasteiger partial charge in [0.1, 0.15) is 0 Å². The highest BCUT2D eigenvalue weighted by Gasteiger charge is 2.02. The van der Waals surface area contributed by atoms with E-state index in [9.17, 15) is 4.79 Å². The van der Waals surface area contributed by atoms with Gasteiger partial charge in [-0.1, -0.05) is 30.4 Å². The molecule has 21 heavy (non-hydrogen) atoms. The van der Waals surface area contributed by atoms with E-state index in [1.54, 1.807) is 24.5 Å². The summed E-state index contributed by atoms with van der Waals surface area (Å²) < 4.78 is 0. The van der Waals surface area contributed by atoms with Crippen molar-refractivity contribution in [2.24, 2.45) is 0 Å². The summed E-state index contributed by atoms with van der Waals surface area (Å²) >= 11 is 0. The summed E-state index contributed by atoms with van der Waals surface area (Å²) in [4.78, 5) is 15.7. The topological polar surface area (TPSA) is 42.0 Å². The van der Waals surface area contributed by atoms with Gasteiger partial charge in [0.2, 0.25) is 0 Å². The molecule has 0 radical (unpaired) electrons. The van der Waals surface area contributed by atoms with Gasteiger partial charge in [-0.05, 0) is 49.1 Å². The second-order valence-electron chi connectivity index (χ2n) is 5.03. The van der Waals surface area contributed by atoms with Gasteiger partial charge in [0, 0.05) is 24.5 Å². The molecule has 0 aliphatic carbocycles. The standard InChI is InChI=1S/C18H20N2O/c1-14-6-7-16(13-15(14)2)5-3-4-10-20-18(21)17-8-11-19-12-9-17/h3,5-9,11-13H,4,10H2,1-2H3,(H,20,21)/b5-3+. The van der Waals surface area contributed by atoms with E-state index in [4.69, 9.17) is 0 Å². The van der Waals surface area contributed by atoms with Crippen LogP contribution >= 0.6 is 0 Å². The molecule has 3 nitrogen and oxygen atoms in total. The van der Waals surface area contributed by atoms with Crippen molar-refractivity contribution in [2.45, 2.75) is 20.3 Å². The van der Waals surface area contributed by atoms with Gasteiger partial charge in [-0.15, -0.1) is 0 Å². The fourth-order valence-electron chi connectivity index (χ4n) is 1.96. The number of amides is 1. The highest BCUT2D eigenvalue weighted by molar-refractivity contribution is 5.93. The number of rotatable bonds is 5. The number of nitrogens with one attached hydrogen (secondary N) is 1. The fraction of sp³-hybridized carbons (Fsp3) is 0.222. The van der Waals surface area contributed by atoms with E-state index in [0.29, 0.717) is 12.1 Å². The number of benzene rings is 1. The average Bonchev–Trinajstić information content (AvgIpc) is 2.51. The van der Waals surface area contributed by atoms with Crippen LogP contribution in [0.5, 0.6) is 0 Å². The largest absolute Gasteiger partial charge is 0.352 e. The van der Waals surface area contributed by atoms with Crippen LogP contribution in [-0.2, 0) is 0 Å². The predicted octanol–water partition coefficient (Wildman–Crippen LogP) is 3.53. The maximum absolute atomic E-state index is 11.8. The van der Waals surface area contributed by atoms with Crippen molar-refractivity contribution in [1.29, 1.82) is 0 Å². The van der Waals surface area contributed by atoms with Gasteiger partial charge >= 0.3 is 0 Å². The second-order valence-corrected chi connectivity index (χ2v) is 5.03.